The summed E-state index contributed by atoms with van der Waals surface area (Å²) in [6.07, 6.45) is 1.67. The Labute approximate surface area is 222 Å². The van der Waals surface area contributed by atoms with Crippen molar-refractivity contribution in [2.24, 2.45) is 0 Å². The molecule has 1 heterocycles. The number of nitrogens with zero attached hydrogens (tertiary/aromatic N) is 1. The van der Waals surface area contributed by atoms with E-state index >= 15 is 0 Å². The molecule has 2 amide bonds. The fraction of sp³-hybridized carbons (Fsp3) is 0.194. The molecule has 1 N–H and O–H groups in total. The second kappa shape index (κ2) is 11.6. The Kier molecular flexibility index (Phi) is 8.06. The van der Waals surface area contributed by atoms with E-state index in [0.717, 1.165) is 11.1 Å². The van der Waals surface area contributed by atoms with Crippen LogP contribution < -0.4 is 15.0 Å². The highest BCUT2D eigenvalue weighted by Crippen LogP contribution is 2.35. The van der Waals surface area contributed by atoms with Crippen LogP contribution >= 0.6 is 0 Å². The fourth-order valence-corrected chi connectivity index (χ4v) is 4.10. The van der Waals surface area contributed by atoms with Crippen LogP contribution in [-0.2, 0) is 19.1 Å². The molecule has 3 aromatic carbocycles. The minimum Gasteiger partial charge on any atom is -0.484 e. The maximum Gasteiger partial charge on any atom is 0.340 e. The number of anilines is 2. The summed E-state index contributed by atoms with van der Waals surface area (Å²) in [7, 11) is 0. The average molecular weight is 511 g/mol. The number of benzene rings is 3. The number of aryl methyl sites for hydroxylation is 2. The molecule has 194 valence electrons. The van der Waals surface area contributed by atoms with Gasteiger partial charge in [0.05, 0.1) is 17.8 Å². The van der Waals surface area contributed by atoms with Gasteiger partial charge in [-0.2, -0.15) is 0 Å². The highest BCUT2D eigenvalue weighted by molar-refractivity contribution is 6.23. The van der Waals surface area contributed by atoms with Gasteiger partial charge in [-0.15, -0.1) is 0 Å². The summed E-state index contributed by atoms with van der Waals surface area (Å²) in [6.45, 7) is 7.47. The van der Waals surface area contributed by atoms with Crippen molar-refractivity contribution in [1.82, 2.24) is 0 Å². The van der Waals surface area contributed by atoms with Gasteiger partial charge >= 0.3 is 5.97 Å². The molecule has 0 fully saturated rings. The lowest BCUT2D eigenvalue weighted by Crippen LogP contribution is -2.24. The summed E-state index contributed by atoms with van der Waals surface area (Å²) in [5, 5.41) is 2.79. The zero-order valence-electron chi connectivity index (χ0n) is 21.9. The van der Waals surface area contributed by atoms with E-state index in [4.69, 9.17) is 9.47 Å². The molecular weight excluding hydrogens is 480 g/mol. The normalized spacial score (nSPS) is 14.2. The van der Waals surface area contributed by atoms with E-state index in [9.17, 15) is 14.4 Å². The summed E-state index contributed by atoms with van der Waals surface area (Å²) >= 11 is 0. The Balaban J connectivity index is 1.50. The Morgan fingerprint density at radius 2 is 1.47 bits per heavy atom. The second-order valence-corrected chi connectivity index (χ2v) is 8.99. The first-order chi connectivity index (χ1) is 18.3. The quantitative estimate of drug-likeness (QED) is 0.316. The van der Waals surface area contributed by atoms with E-state index in [1.54, 1.807) is 44.2 Å². The lowest BCUT2D eigenvalue weighted by Gasteiger charge is -2.18. The smallest absolute Gasteiger partial charge is 0.340 e. The standard InChI is InChI=1S/C31H30N2O5/c1-5-37-31(36)29-22(4)33(25-14-8-21(3)9-15-25)30(35)27(29)18-23-10-16-26(17-11-23)38-19-28(34)32-24-12-6-20(2)7-13-24/h6-18H,5,19H2,1-4H3,(H,32,34)/b27-18-. The number of esters is 1. The van der Waals surface area contributed by atoms with Crippen LogP contribution in [0.4, 0.5) is 11.4 Å². The van der Waals surface area contributed by atoms with Crippen LogP contribution in [0.5, 0.6) is 5.75 Å². The third-order valence-corrected chi connectivity index (χ3v) is 6.07. The van der Waals surface area contributed by atoms with Crippen molar-refractivity contribution in [1.29, 1.82) is 0 Å². The maximum absolute atomic E-state index is 13.5. The fourth-order valence-electron chi connectivity index (χ4n) is 4.10. The molecule has 0 saturated heterocycles. The van der Waals surface area contributed by atoms with E-state index in [1.165, 1.54) is 4.90 Å². The lowest BCUT2D eigenvalue weighted by molar-refractivity contribution is -0.138. The van der Waals surface area contributed by atoms with E-state index in [1.807, 2.05) is 62.4 Å². The lowest BCUT2D eigenvalue weighted by atomic mass is 10.0. The number of nitrogens with one attached hydrogen (secondary N) is 1. The van der Waals surface area contributed by atoms with Crippen LogP contribution in [0, 0.1) is 13.8 Å². The van der Waals surface area contributed by atoms with Crippen LogP contribution in [0.15, 0.2) is 89.6 Å². The third kappa shape index (κ3) is 6.00. The van der Waals surface area contributed by atoms with Gasteiger partial charge in [-0.25, -0.2) is 4.79 Å². The molecule has 0 saturated carbocycles. The average Bonchev–Trinajstić information content (AvgIpc) is 3.14. The van der Waals surface area contributed by atoms with Crippen molar-refractivity contribution < 1.29 is 23.9 Å². The number of hydrogen-bond donors (Lipinski definition) is 1. The minimum atomic E-state index is -0.543. The molecule has 0 aromatic heterocycles. The van der Waals surface area contributed by atoms with Crippen molar-refractivity contribution in [2.45, 2.75) is 27.7 Å². The number of carbonyl (C=O) groups excluding carboxylic acids is 3. The number of allylic oxidation sites excluding steroid dienone is 1. The summed E-state index contributed by atoms with van der Waals surface area (Å²) < 4.78 is 10.9. The zero-order chi connectivity index (χ0) is 27.2. The monoisotopic (exact) mass is 510 g/mol. The minimum absolute atomic E-state index is 0.146. The first-order valence-corrected chi connectivity index (χ1v) is 12.4. The molecule has 7 nitrogen and oxygen atoms in total. The molecule has 3 aromatic rings. The van der Waals surface area contributed by atoms with Gasteiger partial charge in [-0.05, 0) is 75.7 Å². The van der Waals surface area contributed by atoms with Crippen LogP contribution in [0.3, 0.4) is 0 Å². The van der Waals surface area contributed by atoms with Crippen LogP contribution in [0.25, 0.3) is 6.08 Å². The van der Waals surface area contributed by atoms with Crippen molar-refractivity contribution in [3.05, 3.63) is 106 Å². The number of hydrogen-bond acceptors (Lipinski definition) is 5. The second-order valence-electron chi connectivity index (χ2n) is 8.99. The van der Waals surface area contributed by atoms with Gasteiger partial charge in [0.1, 0.15) is 5.75 Å². The van der Waals surface area contributed by atoms with Gasteiger partial charge in [-0.3, -0.25) is 14.5 Å². The molecule has 1 aliphatic rings. The molecule has 0 bridgehead atoms. The van der Waals surface area contributed by atoms with Gasteiger partial charge in [0, 0.05) is 17.1 Å². The summed E-state index contributed by atoms with van der Waals surface area (Å²) in [5.74, 6) is -0.615. The van der Waals surface area contributed by atoms with Gasteiger partial charge < -0.3 is 14.8 Å². The summed E-state index contributed by atoms with van der Waals surface area (Å²) in [5.41, 5.74) is 5.27. The number of carbonyl (C=O) groups is 3. The first-order valence-electron chi connectivity index (χ1n) is 12.4. The van der Waals surface area contributed by atoms with E-state index in [-0.39, 0.29) is 36.2 Å². The predicted octanol–water partition coefficient (Wildman–Crippen LogP) is 5.59. The first kappa shape index (κ1) is 26.4. The molecule has 7 heteroatoms. The summed E-state index contributed by atoms with van der Waals surface area (Å²) in [4.78, 5) is 40.0. The third-order valence-electron chi connectivity index (χ3n) is 6.07. The molecule has 0 atom stereocenters. The van der Waals surface area contributed by atoms with Gasteiger partial charge in [0.2, 0.25) is 0 Å². The van der Waals surface area contributed by atoms with Crippen molar-refractivity contribution in [3.63, 3.8) is 0 Å². The van der Waals surface area contributed by atoms with Gasteiger partial charge in [0.15, 0.2) is 6.61 Å². The Morgan fingerprint density at radius 3 is 2.08 bits per heavy atom. The van der Waals surface area contributed by atoms with Gasteiger partial charge in [-0.1, -0.05) is 47.5 Å². The topological polar surface area (TPSA) is 84.9 Å². The van der Waals surface area contributed by atoms with Crippen LogP contribution in [0.2, 0.25) is 0 Å². The zero-order valence-corrected chi connectivity index (χ0v) is 21.9. The molecular formula is C31H30N2O5. The highest BCUT2D eigenvalue weighted by Gasteiger charge is 2.38. The van der Waals surface area contributed by atoms with Crippen molar-refractivity contribution in [2.75, 3.05) is 23.4 Å². The Hall–Kier alpha value is -4.65. The Morgan fingerprint density at radius 1 is 0.868 bits per heavy atom. The predicted molar refractivity (Wildman–Crippen MR) is 148 cm³/mol. The maximum atomic E-state index is 13.5. The largest absolute Gasteiger partial charge is 0.484 e. The molecule has 4 rings (SSSR count). The molecule has 0 radical (unpaired) electrons. The number of amides is 2. The molecule has 0 unspecified atom stereocenters. The van der Waals surface area contributed by atoms with E-state index < -0.39 is 5.97 Å². The molecule has 0 aliphatic carbocycles. The van der Waals surface area contributed by atoms with Gasteiger partial charge in [0.25, 0.3) is 11.8 Å². The molecule has 38 heavy (non-hydrogen) atoms. The number of ether oxygens (including phenoxy) is 2. The Bertz CT molecular complexity index is 1400. The van der Waals surface area contributed by atoms with Crippen LogP contribution in [-0.4, -0.2) is 31.0 Å². The van der Waals surface area contributed by atoms with E-state index in [2.05, 4.69) is 5.32 Å². The number of rotatable bonds is 8. The van der Waals surface area contributed by atoms with Crippen molar-refractivity contribution >= 4 is 35.2 Å². The van der Waals surface area contributed by atoms with Crippen LogP contribution in [0.1, 0.15) is 30.5 Å². The SMILES string of the molecule is CCOC(=O)C1=C(C)N(c2ccc(C)cc2)C(=O)/C1=C\c1ccc(OCC(=O)Nc2ccc(C)cc2)cc1. The molecule has 1 aliphatic heterocycles. The van der Waals surface area contributed by atoms with E-state index in [0.29, 0.717) is 28.4 Å². The molecule has 0 spiro atoms. The van der Waals surface area contributed by atoms with Crippen molar-refractivity contribution in [3.8, 4) is 5.75 Å². The summed E-state index contributed by atoms with van der Waals surface area (Å²) in [6, 6.07) is 22.0. The highest BCUT2D eigenvalue weighted by atomic mass is 16.5.